The maximum Gasteiger partial charge on any atom is 0.259 e. The lowest BCUT2D eigenvalue weighted by molar-refractivity contribution is 0.102. The molecule has 0 unspecified atom stereocenters. The molecular formula is C14H12BrFN2O2. The van der Waals surface area contributed by atoms with Crippen LogP contribution in [-0.4, -0.2) is 10.5 Å². The Hall–Kier alpha value is -1.95. The standard InChI is InChI=1S/C14H12BrFN2O2/c1-2-18-8-9(6-7-12(18)19)17-14(20)13-10(15)4-3-5-11(13)16/h3-8H,2H2,1H3,(H,17,20). The zero-order chi connectivity index (χ0) is 14.7. The smallest absolute Gasteiger partial charge is 0.259 e. The normalized spacial score (nSPS) is 10.3. The lowest BCUT2D eigenvalue weighted by Gasteiger charge is -2.09. The predicted molar refractivity (Wildman–Crippen MR) is 78.4 cm³/mol. The second-order valence-electron chi connectivity index (χ2n) is 4.09. The number of hydrogen-bond acceptors (Lipinski definition) is 2. The molecule has 0 aliphatic heterocycles. The van der Waals surface area contributed by atoms with Crippen molar-refractivity contribution >= 4 is 27.5 Å². The Morgan fingerprint density at radius 2 is 2.10 bits per heavy atom. The summed E-state index contributed by atoms with van der Waals surface area (Å²) in [7, 11) is 0. The fraction of sp³-hybridized carbons (Fsp3) is 0.143. The SMILES string of the molecule is CCn1cc(NC(=O)c2c(F)cccc2Br)ccc1=O. The molecule has 104 valence electrons. The van der Waals surface area contributed by atoms with Gasteiger partial charge >= 0.3 is 0 Å². The van der Waals surface area contributed by atoms with E-state index >= 15 is 0 Å². The zero-order valence-electron chi connectivity index (χ0n) is 10.7. The lowest BCUT2D eigenvalue weighted by Crippen LogP contribution is -2.20. The van der Waals surface area contributed by atoms with Crippen molar-refractivity contribution in [2.24, 2.45) is 0 Å². The van der Waals surface area contributed by atoms with Gasteiger partial charge in [-0.3, -0.25) is 9.59 Å². The van der Waals surface area contributed by atoms with Crippen LogP contribution in [0.5, 0.6) is 0 Å². The molecule has 4 nitrogen and oxygen atoms in total. The highest BCUT2D eigenvalue weighted by molar-refractivity contribution is 9.10. The maximum absolute atomic E-state index is 13.7. The molecule has 6 heteroatoms. The first-order valence-electron chi connectivity index (χ1n) is 5.98. The summed E-state index contributed by atoms with van der Waals surface area (Å²) >= 11 is 3.14. The number of carbonyl (C=O) groups excluding carboxylic acids is 1. The number of carbonyl (C=O) groups is 1. The molecule has 2 rings (SSSR count). The van der Waals surface area contributed by atoms with Gasteiger partial charge in [-0.25, -0.2) is 4.39 Å². The first kappa shape index (κ1) is 14.5. The molecule has 0 radical (unpaired) electrons. The van der Waals surface area contributed by atoms with E-state index in [-0.39, 0.29) is 11.1 Å². The Bertz CT molecular complexity index is 692. The number of nitrogens with zero attached hydrogens (tertiary/aromatic N) is 1. The van der Waals surface area contributed by atoms with Gasteiger partial charge in [-0.15, -0.1) is 0 Å². The average Bonchev–Trinajstić information content (AvgIpc) is 2.40. The topological polar surface area (TPSA) is 51.1 Å². The van der Waals surface area contributed by atoms with E-state index < -0.39 is 11.7 Å². The summed E-state index contributed by atoms with van der Waals surface area (Å²) in [6.07, 6.45) is 1.52. The average molecular weight is 339 g/mol. The minimum atomic E-state index is -0.610. The van der Waals surface area contributed by atoms with Crippen molar-refractivity contribution in [3.8, 4) is 0 Å². The third-order valence-corrected chi connectivity index (χ3v) is 3.43. The third-order valence-electron chi connectivity index (χ3n) is 2.77. The summed E-state index contributed by atoms with van der Waals surface area (Å²) in [5, 5.41) is 2.57. The van der Waals surface area contributed by atoms with Crippen molar-refractivity contribution < 1.29 is 9.18 Å². The molecule has 0 fully saturated rings. The summed E-state index contributed by atoms with van der Waals surface area (Å²) in [5.74, 6) is -1.18. The number of anilines is 1. The Morgan fingerprint density at radius 3 is 2.75 bits per heavy atom. The number of benzene rings is 1. The summed E-state index contributed by atoms with van der Waals surface area (Å²) in [4.78, 5) is 23.5. The van der Waals surface area contributed by atoms with Crippen LogP contribution in [0.15, 0.2) is 45.8 Å². The lowest BCUT2D eigenvalue weighted by atomic mass is 10.2. The fourth-order valence-corrected chi connectivity index (χ4v) is 2.28. The molecular weight excluding hydrogens is 327 g/mol. The van der Waals surface area contributed by atoms with Gasteiger partial charge in [0.25, 0.3) is 11.5 Å². The second-order valence-corrected chi connectivity index (χ2v) is 4.95. The minimum Gasteiger partial charge on any atom is -0.321 e. The van der Waals surface area contributed by atoms with Crippen molar-refractivity contribution in [1.82, 2.24) is 4.57 Å². The van der Waals surface area contributed by atoms with Crippen LogP contribution < -0.4 is 10.9 Å². The van der Waals surface area contributed by atoms with Gasteiger partial charge in [0.2, 0.25) is 0 Å². The van der Waals surface area contributed by atoms with E-state index in [9.17, 15) is 14.0 Å². The van der Waals surface area contributed by atoms with E-state index in [2.05, 4.69) is 21.2 Å². The predicted octanol–water partition coefficient (Wildman–Crippen LogP) is 3.02. The molecule has 0 aliphatic carbocycles. The van der Waals surface area contributed by atoms with Crippen molar-refractivity contribution in [3.63, 3.8) is 0 Å². The number of aryl methyl sites for hydroxylation is 1. The van der Waals surface area contributed by atoms with E-state index in [0.717, 1.165) is 0 Å². The van der Waals surface area contributed by atoms with Crippen LogP contribution in [0, 0.1) is 5.82 Å². The molecule has 0 bridgehead atoms. The van der Waals surface area contributed by atoms with Gasteiger partial charge in [-0.1, -0.05) is 6.07 Å². The molecule has 0 aliphatic rings. The van der Waals surface area contributed by atoms with Crippen molar-refractivity contribution in [1.29, 1.82) is 0 Å². The number of nitrogens with one attached hydrogen (secondary N) is 1. The van der Waals surface area contributed by atoms with Crippen LogP contribution in [0.3, 0.4) is 0 Å². The fourth-order valence-electron chi connectivity index (χ4n) is 1.76. The van der Waals surface area contributed by atoms with Crippen LogP contribution in [0.2, 0.25) is 0 Å². The summed E-state index contributed by atoms with van der Waals surface area (Å²) < 4.78 is 15.5. The number of aromatic nitrogens is 1. The highest BCUT2D eigenvalue weighted by Gasteiger charge is 2.15. The van der Waals surface area contributed by atoms with E-state index in [1.165, 1.54) is 35.0 Å². The van der Waals surface area contributed by atoms with E-state index in [1.54, 1.807) is 6.07 Å². The minimum absolute atomic E-state index is 0.0678. The van der Waals surface area contributed by atoms with Crippen LogP contribution in [-0.2, 0) is 6.54 Å². The second kappa shape index (κ2) is 6.00. The molecule has 0 saturated heterocycles. The first-order chi connectivity index (χ1) is 9.52. The van der Waals surface area contributed by atoms with Crippen molar-refractivity contribution in [2.45, 2.75) is 13.5 Å². The summed E-state index contributed by atoms with van der Waals surface area (Å²) in [6, 6.07) is 7.15. The van der Waals surface area contributed by atoms with Crippen LogP contribution in [0.25, 0.3) is 0 Å². The number of pyridine rings is 1. The zero-order valence-corrected chi connectivity index (χ0v) is 12.3. The highest BCUT2D eigenvalue weighted by atomic mass is 79.9. The Labute approximate surface area is 123 Å². The number of halogens is 2. The molecule has 0 saturated carbocycles. The highest BCUT2D eigenvalue weighted by Crippen LogP contribution is 2.20. The van der Waals surface area contributed by atoms with E-state index in [1.807, 2.05) is 6.92 Å². The Kier molecular flexibility index (Phi) is 4.34. The Balaban J connectivity index is 2.30. The number of rotatable bonds is 3. The van der Waals surface area contributed by atoms with Crippen LogP contribution >= 0.6 is 15.9 Å². The third kappa shape index (κ3) is 2.96. The van der Waals surface area contributed by atoms with E-state index in [0.29, 0.717) is 16.7 Å². The summed E-state index contributed by atoms with van der Waals surface area (Å²) in [6.45, 7) is 2.31. The molecule has 20 heavy (non-hydrogen) atoms. The maximum atomic E-state index is 13.7. The van der Waals surface area contributed by atoms with Gasteiger partial charge in [0.1, 0.15) is 5.82 Å². The van der Waals surface area contributed by atoms with Gasteiger partial charge < -0.3 is 9.88 Å². The first-order valence-corrected chi connectivity index (χ1v) is 6.78. The molecule has 1 amide bonds. The summed E-state index contributed by atoms with van der Waals surface area (Å²) in [5.41, 5.74) is 0.214. The van der Waals surface area contributed by atoms with E-state index in [4.69, 9.17) is 0 Å². The molecule has 2 aromatic rings. The Morgan fingerprint density at radius 1 is 1.35 bits per heavy atom. The monoisotopic (exact) mass is 338 g/mol. The van der Waals surface area contributed by atoms with Gasteiger partial charge in [0, 0.05) is 23.3 Å². The number of hydrogen-bond donors (Lipinski definition) is 1. The van der Waals surface area contributed by atoms with Gasteiger partial charge in [0.15, 0.2) is 0 Å². The molecule has 0 atom stereocenters. The molecule has 0 spiro atoms. The van der Waals surface area contributed by atoms with Gasteiger partial charge in [0.05, 0.1) is 11.3 Å². The van der Waals surface area contributed by atoms with Crippen molar-refractivity contribution in [3.05, 3.63) is 62.7 Å². The number of amides is 1. The van der Waals surface area contributed by atoms with Crippen LogP contribution in [0.1, 0.15) is 17.3 Å². The molecule has 1 aromatic carbocycles. The quantitative estimate of drug-likeness (QED) is 0.935. The van der Waals surface area contributed by atoms with Gasteiger partial charge in [-0.05, 0) is 41.1 Å². The molecule has 1 N–H and O–H groups in total. The van der Waals surface area contributed by atoms with Crippen LogP contribution in [0.4, 0.5) is 10.1 Å². The molecule has 1 aromatic heterocycles. The van der Waals surface area contributed by atoms with Gasteiger partial charge in [-0.2, -0.15) is 0 Å². The van der Waals surface area contributed by atoms with Crippen molar-refractivity contribution in [2.75, 3.05) is 5.32 Å². The molecule has 1 heterocycles. The largest absolute Gasteiger partial charge is 0.321 e.